The van der Waals surface area contributed by atoms with Gasteiger partial charge in [0.2, 0.25) is 5.95 Å². The van der Waals surface area contributed by atoms with Crippen molar-refractivity contribution < 1.29 is 5.11 Å². The van der Waals surface area contributed by atoms with E-state index in [2.05, 4.69) is 35.6 Å². The van der Waals surface area contributed by atoms with Crippen molar-refractivity contribution in [3.05, 3.63) is 18.0 Å². The van der Waals surface area contributed by atoms with Gasteiger partial charge in [0.05, 0.1) is 6.61 Å². The predicted molar refractivity (Wildman–Crippen MR) is 72.3 cm³/mol. The molecule has 1 saturated heterocycles. The molecule has 0 saturated carbocycles. The summed E-state index contributed by atoms with van der Waals surface area (Å²) < 4.78 is 0. The van der Waals surface area contributed by atoms with E-state index in [4.69, 9.17) is 5.11 Å². The second-order valence-corrected chi connectivity index (χ2v) is 6.18. The van der Waals surface area contributed by atoms with Crippen molar-refractivity contribution in [1.29, 1.82) is 0 Å². The van der Waals surface area contributed by atoms with Gasteiger partial charge in [-0.2, -0.15) is 0 Å². The smallest absolute Gasteiger partial charge is 0.225 e. The number of anilines is 1. The Kier molecular flexibility index (Phi) is 3.85. The fourth-order valence-corrected chi connectivity index (χ4v) is 2.54. The lowest BCUT2D eigenvalue weighted by molar-refractivity contribution is 0.198. The second kappa shape index (κ2) is 5.22. The van der Waals surface area contributed by atoms with Gasteiger partial charge in [0.25, 0.3) is 0 Å². The predicted octanol–water partition coefficient (Wildman–Crippen LogP) is 2.23. The van der Waals surface area contributed by atoms with Gasteiger partial charge in [0.1, 0.15) is 0 Å². The number of piperidine rings is 1. The van der Waals surface area contributed by atoms with Crippen LogP contribution in [0.25, 0.3) is 0 Å². The number of hydrogen-bond donors (Lipinski definition) is 1. The van der Waals surface area contributed by atoms with E-state index in [0.717, 1.165) is 30.5 Å². The van der Waals surface area contributed by atoms with Crippen molar-refractivity contribution in [2.24, 2.45) is 11.3 Å². The van der Waals surface area contributed by atoms with Crippen molar-refractivity contribution in [2.45, 2.75) is 40.2 Å². The van der Waals surface area contributed by atoms with E-state index in [0.29, 0.717) is 5.41 Å². The number of rotatable bonds is 2. The highest BCUT2D eigenvalue weighted by Gasteiger charge is 2.29. The third-order valence-corrected chi connectivity index (χ3v) is 3.88. The zero-order valence-electron chi connectivity index (χ0n) is 11.6. The van der Waals surface area contributed by atoms with Crippen LogP contribution in [0, 0.1) is 11.3 Å². The van der Waals surface area contributed by atoms with Crippen LogP contribution in [0.2, 0.25) is 0 Å². The summed E-state index contributed by atoms with van der Waals surface area (Å²) in [5.74, 6) is 1.57. The maximum absolute atomic E-state index is 8.97. The highest BCUT2D eigenvalue weighted by Crippen LogP contribution is 2.34. The molecular formula is C14H23N3O. The molecule has 1 aromatic heterocycles. The summed E-state index contributed by atoms with van der Waals surface area (Å²) in [7, 11) is 0. The van der Waals surface area contributed by atoms with E-state index in [1.54, 1.807) is 12.4 Å². The first-order valence-corrected chi connectivity index (χ1v) is 6.67. The topological polar surface area (TPSA) is 49.2 Å². The first-order valence-electron chi connectivity index (χ1n) is 6.67. The van der Waals surface area contributed by atoms with E-state index in [9.17, 15) is 0 Å². The summed E-state index contributed by atoms with van der Waals surface area (Å²) in [6.07, 6.45) is 5.82. The van der Waals surface area contributed by atoms with Crippen LogP contribution in [0.1, 0.15) is 39.2 Å². The Labute approximate surface area is 109 Å². The van der Waals surface area contributed by atoms with Gasteiger partial charge in [-0.1, -0.05) is 20.8 Å². The largest absolute Gasteiger partial charge is 0.392 e. The molecule has 2 rings (SSSR count). The Bertz CT molecular complexity index is 375. The fraction of sp³-hybridized carbons (Fsp3) is 0.714. The van der Waals surface area contributed by atoms with E-state index >= 15 is 0 Å². The summed E-state index contributed by atoms with van der Waals surface area (Å²) >= 11 is 0. The summed E-state index contributed by atoms with van der Waals surface area (Å²) in [5, 5.41) is 8.97. The molecule has 18 heavy (non-hydrogen) atoms. The van der Waals surface area contributed by atoms with Crippen LogP contribution >= 0.6 is 0 Å². The van der Waals surface area contributed by atoms with Crippen molar-refractivity contribution in [2.75, 3.05) is 18.0 Å². The molecule has 2 heterocycles. The molecule has 0 amide bonds. The molecule has 0 aliphatic carbocycles. The molecule has 4 nitrogen and oxygen atoms in total. The molecule has 100 valence electrons. The zero-order chi connectivity index (χ0) is 13.2. The number of aliphatic hydroxyl groups excluding tert-OH is 1. The third-order valence-electron chi connectivity index (χ3n) is 3.88. The summed E-state index contributed by atoms with van der Waals surface area (Å²) in [4.78, 5) is 10.9. The molecule has 0 atom stereocenters. The molecule has 1 aliphatic rings. The van der Waals surface area contributed by atoms with Gasteiger partial charge in [-0.25, -0.2) is 9.97 Å². The van der Waals surface area contributed by atoms with Gasteiger partial charge < -0.3 is 10.0 Å². The molecule has 0 unspecified atom stereocenters. The number of aromatic nitrogens is 2. The number of nitrogens with zero attached hydrogens (tertiary/aromatic N) is 3. The first kappa shape index (κ1) is 13.3. The lowest BCUT2D eigenvalue weighted by atomic mass is 9.75. The highest BCUT2D eigenvalue weighted by molar-refractivity contribution is 5.30. The Morgan fingerprint density at radius 1 is 1.22 bits per heavy atom. The van der Waals surface area contributed by atoms with E-state index in [-0.39, 0.29) is 6.61 Å². The number of aliphatic hydroxyl groups is 1. The molecule has 1 aromatic rings. The molecule has 0 aromatic carbocycles. The standard InChI is InChI=1S/C14H23N3O/c1-14(2,3)12-4-6-17(7-5-12)13-15-8-11(10-18)9-16-13/h8-9,12,18H,4-7,10H2,1-3H3. The summed E-state index contributed by atoms with van der Waals surface area (Å²) in [6, 6.07) is 0. The van der Waals surface area contributed by atoms with Crippen LogP contribution in [0.4, 0.5) is 5.95 Å². The molecule has 1 N–H and O–H groups in total. The Balaban J connectivity index is 1.96. The average Bonchev–Trinajstić information content (AvgIpc) is 2.38. The summed E-state index contributed by atoms with van der Waals surface area (Å²) in [6.45, 7) is 9.02. The van der Waals surface area contributed by atoms with Gasteiger partial charge in [-0.15, -0.1) is 0 Å². The van der Waals surface area contributed by atoms with E-state index in [1.165, 1.54) is 12.8 Å². The lowest BCUT2D eigenvalue weighted by Gasteiger charge is -2.38. The fourth-order valence-electron chi connectivity index (χ4n) is 2.54. The Hall–Kier alpha value is -1.16. The Morgan fingerprint density at radius 3 is 2.22 bits per heavy atom. The molecule has 0 spiro atoms. The van der Waals surface area contributed by atoms with Crippen LogP contribution in [0.5, 0.6) is 0 Å². The minimum atomic E-state index is 0.00633. The SMILES string of the molecule is CC(C)(C)C1CCN(c2ncc(CO)cn2)CC1. The van der Waals surface area contributed by atoms with Gasteiger partial charge in [-0.3, -0.25) is 0 Å². The third kappa shape index (κ3) is 2.99. The van der Waals surface area contributed by atoms with Crippen molar-refractivity contribution in [1.82, 2.24) is 9.97 Å². The maximum atomic E-state index is 8.97. The normalized spacial score (nSPS) is 18.1. The minimum absolute atomic E-state index is 0.00633. The van der Waals surface area contributed by atoms with E-state index < -0.39 is 0 Å². The van der Waals surface area contributed by atoms with Crippen molar-refractivity contribution >= 4 is 5.95 Å². The molecular weight excluding hydrogens is 226 g/mol. The van der Waals surface area contributed by atoms with Crippen LogP contribution in [-0.2, 0) is 6.61 Å². The lowest BCUT2D eigenvalue weighted by Crippen LogP contribution is -2.38. The summed E-state index contributed by atoms with van der Waals surface area (Å²) in [5.41, 5.74) is 1.16. The van der Waals surface area contributed by atoms with Crippen LogP contribution in [0.15, 0.2) is 12.4 Å². The van der Waals surface area contributed by atoms with Gasteiger partial charge in [-0.05, 0) is 24.2 Å². The second-order valence-electron chi connectivity index (χ2n) is 6.18. The van der Waals surface area contributed by atoms with Crippen molar-refractivity contribution in [3.8, 4) is 0 Å². The Morgan fingerprint density at radius 2 is 1.78 bits per heavy atom. The zero-order valence-corrected chi connectivity index (χ0v) is 11.6. The van der Waals surface area contributed by atoms with E-state index in [1.807, 2.05) is 0 Å². The van der Waals surface area contributed by atoms with Crippen LogP contribution in [-0.4, -0.2) is 28.2 Å². The quantitative estimate of drug-likeness (QED) is 0.873. The van der Waals surface area contributed by atoms with Crippen LogP contribution in [0.3, 0.4) is 0 Å². The highest BCUT2D eigenvalue weighted by atomic mass is 16.3. The average molecular weight is 249 g/mol. The molecule has 0 radical (unpaired) electrons. The minimum Gasteiger partial charge on any atom is -0.392 e. The number of hydrogen-bond acceptors (Lipinski definition) is 4. The van der Waals surface area contributed by atoms with Gasteiger partial charge >= 0.3 is 0 Å². The van der Waals surface area contributed by atoms with Crippen molar-refractivity contribution in [3.63, 3.8) is 0 Å². The van der Waals surface area contributed by atoms with Gasteiger partial charge in [0.15, 0.2) is 0 Å². The first-order chi connectivity index (χ1) is 8.50. The molecule has 4 heteroatoms. The molecule has 0 bridgehead atoms. The monoisotopic (exact) mass is 249 g/mol. The van der Waals surface area contributed by atoms with Gasteiger partial charge in [0, 0.05) is 31.0 Å². The molecule has 1 aliphatic heterocycles. The molecule has 1 fully saturated rings. The maximum Gasteiger partial charge on any atom is 0.225 e. The van der Waals surface area contributed by atoms with Crippen LogP contribution < -0.4 is 4.90 Å².